The maximum atomic E-state index is 5.84. The summed E-state index contributed by atoms with van der Waals surface area (Å²) >= 11 is 0. The first-order chi connectivity index (χ1) is 8.25. The summed E-state index contributed by atoms with van der Waals surface area (Å²) in [6, 6.07) is 0.359. The fraction of sp³-hybridized carbons (Fsp3) is 0.750. The third kappa shape index (κ3) is 1.69. The highest BCUT2D eigenvalue weighted by atomic mass is 15.2. The van der Waals surface area contributed by atoms with Crippen LogP contribution >= 0.6 is 0 Å². The average molecular weight is 235 g/mol. The Morgan fingerprint density at radius 2 is 2.53 bits per heavy atom. The number of fused-ring (bicyclic) bond motifs is 2. The zero-order valence-corrected chi connectivity index (χ0v) is 10.4. The minimum Gasteiger partial charge on any atom is -0.336 e. The van der Waals surface area contributed by atoms with Gasteiger partial charge in [-0.15, -0.1) is 0 Å². The lowest BCUT2D eigenvalue weighted by molar-refractivity contribution is 0.197. The van der Waals surface area contributed by atoms with E-state index < -0.39 is 0 Å². The van der Waals surface area contributed by atoms with Crippen LogP contribution in [0.4, 0.5) is 0 Å². The van der Waals surface area contributed by atoms with Crippen LogP contribution in [0, 0.1) is 0 Å². The van der Waals surface area contributed by atoms with E-state index >= 15 is 0 Å². The first-order valence-corrected chi connectivity index (χ1v) is 6.44. The second-order valence-corrected chi connectivity index (χ2v) is 5.29. The van der Waals surface area contributed by atoms with Gasteiger partial charge in [-0.05, 0) is 19.4 Å². The lowest BCUT2D eigenvalue weighted by Gasteiger charge is -2.45. The van der Waals surface area contributed by atoms with Crippen LogP contribution in [-0.2, 0) is 19.0 Å². The van der Waals surface area contributed by atoms with E-state index in [1.807, 2.05) is 6.33 Å². The van der Waals surface area contributed by atoms with E-state index in [0.29, 0.717) is 12.6 Å². The van der Waals surface area contributed by atoms with Gasteiger partial charge in [-0.25, -0.2) is 4.98 Å². The summed E-state index contributed by atoms with van der Waals surface area (Å²) in [6.45, 7) is 2.78. The smallest absolute Gasteiger partial charge is 0.0949 e. The van der Waals surface area contributed by atoms with Crippen molar-refractivity contribution in [2.45, 2.75) is 30.8 Å². The summed E-state index contributed by atoms with van der Waals surface area (Å²) < 4.78 is 2.17. The van der Waals surface area contributed by atoms with Gasteiger partial charge in [0, 0.05) is 32.6 Å². The predicted octanol–water partition coefficient (Wildman–Crippen LogP) is -0.528. The quantitative estimate of drug-likeness (QED) is 0.612. The van der Waals surface area contributed by atoms with Crippen LogP contribution in [0.1, 0.15) is 24.2 Å². The highest BCUT2D eigenvalue weighted by Crippen LogP contribution is 2.34. The molecule has 2 atom stereocenters. The highest BCUT2D eigenvalue weighted by Gasteiger charge is 2.43. The molecule has 0 saturated carbocycles. The molecule has 2 unspecified atom stereocenters. The van der Waals surface area contributed by atoms with Gasteiger partial charge in [-0.2, -0.15) is 0 Å². The Morgan fingerprint density at radius 3 is 3.24 bits per heavy atom. The Hall–Kier alpha value is -0.910. The highest BCUT2D eigenvalue weighted by molar-refractivity contribution is 5.29. The largest absolute Gasteiger partial charge is 0.336 e. The Bertz CT molecular complexity index is 405. The van der Waals surface area contributed by atoms with Gasteiger partial charge < -0.3 is 20.9 Å². The molecule has 0 radical (unpaired) electrons. The number of hydrogen-bond acceptors (Lipinski definition) is 4. The van der Waals surface area contributed by atoms with E-state index in [4.69, 9.17) is 5.73 Å². The van der Waals surface area contributed by atoms with E-state index in [9.17, 15) is 0 Å². The lowest BCUT2D eigenvalue weighted by atomic mass is 9.80. The molecule has 5 heteroatoms. The maximum absolute atomic E-state index is 5.84. The number of hydrogen-bond donors (Lipinski definition) is 3. The molecule has 1 aromatic heterocycles. The normalized spacial score (nSPS) is 32.7. The van der Waals surface area contributed by atoms with Crippen molar-refractivity contribution in [3.8, 4) is 0 Å². The zero-order valence-electron chi connectivity index (χ0n) is 10.4. The first-order valence-electron chi connectivity index (χ1n) is 6.44. The van der Waals surface area contributed by atoms with Crippen molar-refractivity contribution in [2.75, 3.05) is 19.6 Å². The van der Waals surface area contributed by atoms with Gasteiger partial charge in [0.05, 0.1) is 23.3 Å². The van der Waals surface area contributed by atoms with E-state index in [1.165, 1.54) is 24.2 Å². The van der Waals surface area contributed by atoms with Crippen LogP contribution in [-0.4, -0.2) is 35.2 Å². The molecule has 1 aromatic rings. The molecule has 94 valence electrons. The number of nitrogens with one attached hydrogen (secondary N) is 2. The molecule has 0 amide bonds. The third-order valence-corrected chi connectivity index (χ3v) is 4.05. The van der Waals surface area contributed by atoms with Crippen molar-refractivity contribution in [1.82, 2.24) is 20.2 Å². The number of aryl methyl sites for hydroxylation is 1. The average Bonchev–Trinajstić information content (AvgIpc) is 2.73. The molecule has 2 aliphatic rings. The second-order valence-electron chi connectivity index (χ2n) is 5.29. The van der Waals surface area contributed by atoms with E-state index in [0.717, 1.165) is 19.5 Å². The fourth-order valence-electron chi connectivity index (χ4n) is 3.36. The first kappa shape index (κ1) is 11.2. The topological polar surface area (TPSA) is 67.9 Å². The SMILES string of the molecule is Cn1cnc2c1C1(CCCNC1)NC(CN)C2. The summed E-state index contributed by atoms with van der Waals surface area (Å²) in [5.41, 5.74) is 8.47. The molecule has 1 spiro atoms. The van der Waals surface area contributed by atoms with E-state index in [-0.39, 0.29) is 5.54 Å². The molecular formula is C12H21N5. The summed E-state index contributed by atoms with van der Waals surface area (Å²) in [5.74, 6) is 0. The predicted molar refractivity (Wildman–Crippen MR) is 66.7 cm³/mol. The van der Waals surface area contributed by atoms with Crippen LogP contribution in [0.5, 0.6) is 0 Å². The second kappa shape index (κ2) is 4.08. The van der Waals surface area contributed by atoms with Gasteiger partial charge >= 0.3 is 0 Å². The molecule has 17 heavy (non-hydrogen) atoms. The van der Waals surface area contributed by atoms with Crippen LogP contribution in [0.25, 0.3) is 0 Å². The molecule has 0 aliphatic carbocycles. The van der Waals surface area contributed by atoms with Crippen molar-refractivity contribution >= 4 is 0 Å². The minimum absolute atomic E-state index is 0.0428. The third-order valence-electron chi connectivity index (χ3n) is 4.05. The maximum Gasteiger partial charge on any atom is 0.0949 e. The molecule has 5 nitrogen and oxygen atoms in total. The van der Waals surface area contributed by atoms with Gasteiger partial charge in [0.2, 0.25) is 0 Å². The molecule has 0 aromatic carbocycles. The number of aromatic nitrogens is 2. The summed E-state index contributed by atoms with van der Waals surface area (Å²) in [5, 5.41) is 7.26. The van der Waals surface area contributed by atoms with Crippen molar-refractivity contribution in [1.29, 1.82) is 0 Å². The van der Waals surface area contributed by atoms with Crippen LogP contribution in [0.2, 0.25) is 0 Å². The molecule has 0 bridgehead atoms. The summed E-state index contributed by atoms with van der Waals surface area (Å²) in [7, 11) is 2.09. The van der Waals surface area contributed by atoms with Gasteiger partial charge in [0.15, 0.2) is 0 Å². The van der Waals surface area contributed by atoms with Crippen molar-refractivity contribution < 1.29 is 0 Å². The van der Waals surface area contributed by atoms with Crippen LogP contribution in [0.3, 0.4) is 0 Å². The van der Waals surface area contributed by atoms with Crippen molar-refractivity contribution in [2.24, 2.45) is 12.8 Å². The number of nitrogens with zero attached hydrogens (tertiary/aromatic N) is 2. The molecule has 4 N–H and O–H groups in total. The standard InChI is InChI=1S/C12H21N5/c1-17-8-15-10-5-9(6-13)16-12(11(10)17)3-2-4-14-7-12/h8-9,14,16H,2-7,13H2,1H3. The summed E-state index contributed by atoms with van der Waals surface area (Å²) in [6.07, 6.45) is 5.26. The van der Waals surface area contributed by atoms with Gasteiger partial charge in [-0.3, -0.25) is 0 Å². The molecule has 1 fully saturated rings. The van der Waals surface area contributed by atoms with E-state index in [1.54, 1.807) is 0 Å². The number of piperidine rings is 1. The number of nitrogens with two attached hydrogens (primary N) is 1. The number of rotatable bonds is 1. The Labute approximate surface area is 102 Å². The summed E-state index contributed by atoms with van der Waals surface area (Å²) in [4.78, 5) is 4.54. The Kier molecular flexibility index (Phi) is 2.69. The molecular weight excluding hydrogens is 214 g/mol. The lowest BCUT2D eigenvalue weighted by Crippen LogP contribution is -2.61. The van der Waals surface area contributed by atoms with Gasteiger partial charge in [0.1, 0.15) is 0 Å². The Balaban J connectivity index is 2.04. The Morgan fingerprint density at radius 1 is 1.65 bits per heavy atom. The molecule has 3 heterocycles. The monoisotopic (exact) mass is 235 g/mol. The number of imidazole rings is 1. The molecule has 2 aliphatic heterocycles. The van der Waals surface area contributed by atoms with Crippen LogP contribution in [0.15, 0.2) is 6.33 Å². The zero-order chi connectivity index (χ0) is 11.9. The molecule has 3 rings (SSSR count). The van der Waals surface area contributed by atoms with Gasteiger partial charge in [0.25, 0.3) is 0 Å². The van der Waals surface area contributed by atoms with Gasteiger partial charge in [-0.1, -0.05) is 0 Å². The van der Waals surface area contributed by atoms with Crippen LogP contribution < -0.4 is 16.4 Å². The van der Waals surface area contributed by atoms with Crippen molar-refractivity contribution in [3.63, 3.8) is 0 Å². The van der Waals surface area contributed by atoms with Crippen molar-refractivity contribution in [3.05, 3.63) is 17.7 Å². The molecule has 1 saturated heterocycles. The fourth-order valence-corrected chi connectivity index (χ4v) is 3.36. The minimum atomic E-state index is 0.0428. The van der Waals surface area contributed by atoms with E-state index in [2.05, 4.69) is 27.2 Å².